The first-order valence-corrected chi connectivity index (χ1v) is 7.58. The maximum absolute atomic E-state index is 12.2. The van der Waals surface area contributed by atoms with Crippen LogP contribution in [0.4, 0.5) is 0 Å². The lowest BCUT2D eigenvalue weighted by Crippen LogP contribution is -2.38. The molecule has 0 aliphatic carbocycles. The zero-order chi connectivity index (χ0) is 15.6. The molecule has 0 saturated carbocycles. The van der Waals surface area contributed by atoms with Crippen LogP contribution in [0, 0.1) is 0 Å². The Kier molecular flexibility index (Phi) is 4.66. The fraction of sp³-hybridized carbons (Fsp3) is 0.529. The van der Waals surface area contributed by atoms with Crippen LogP contribution >= 0.6 is 0 Å². The number of carbonyl (C=O) groups is 2. The van der Waals surface area contributed by atoms with Crippen molar-refractivity contribution in [1.29, 1.82) is 0 Å². The van der Waals surface area contributed by atoms with Gasteiger partial charge >= 0.3 is 0 Å². The van der Waals surface area contributed by atoms with Crippen LogP contribution in [-0.4, -0.2) is 35.3 Å². The largest absolute Gasteiger partial charge is 0.347 e. The molecule has 0 bridgehead atoms. The highest BCUT2D eigenvalue weighted by Crippen LogP contribution is 2.17. The van der Waals surface area contributed by atoms with Crippen LogP contribution in [0.15, 0.2) is 24.3 Å². The molecule has 1 heterocycles. The smallest absolute Gasteiger partial charge is 0.251 e. The second-order valence-electron chi connectivity index (χ2n) is 6.29. The topological polar surface area (TPSA) is 49.4 Å². The summed E-state index contributed by atoms with van der Waals surface area (Å²) in [4.78, 5) is 25.9. The number of amides is 2. The van der Waals surface area contributed by atoms with Gasteiger partial charge in [-0.15, -0.1) is 0 Å². The Morgan fingerprint density at radius 1 is 1.19 bits per heavy atom. The molecular formula is C17H24N2O2. The van der Waals surface area contributed by atoms with Gasteiger partial charge in [-0.1, -0.05) is 26.0 Å². The van der Waals surface area contributed by atoms with E-state index in [9.17, 15) is 9.59 Å². The van der Waals surface area contributed by atoms with Crippen molar-refractivity contribution in [3.8, 4) is 0 Å². The van der Waals surface area contributed by atoms with E-state index in [1.54, 1.807) is 0 Å². The molecule has 1 fully saturated rings. The van der Waals surface area contributed by atoms with Crippen molar-refractivity contribution in [2.45, 2.75) is 52.1 Å². The van der Waals surface area contributed by atoms with Gasteiger partial charge in [0.25, 0.3) is 5.91 Å². The minimum Gasteiger partial charge on any atom is -0.347 e. The Balaban J connectivity index is 1.97. The molecule has 1 atom stereocenters. The number of hydrogen-bond acceptors (Lipinski definition) is 2. The molecule has 1 aliphatic rings. The second kappa shape index (κ2) is 6.29. The molecule has 1 aromatic carbocycles. The zero-order valence-corrected chi connectivity index (χ0v) is 13.2. The van der Waals surface area contributed by atoms with Crippen LogP contribution in [-0.2, 0) is 4.79 Å². The minimum atomic E-state index is -0.103. The fourth-order valence-corrected chi connectivity index (χ4v) is 2.62. The molecule has 2 amide bonds. The van der Waals surface area contributed by atoms with E-state index in [1.807, 2.05) is 43.0 Å². The minimum absolute atomic E-state index is 0.0859. The second-order valence-corrected chi connectivity index (χ2v) is 6.29. The van der Waals surface area contributed by atoms with Crippen LogP contribution in [0.3, 0.4) is 0 Å². The third-order valence-electron chi connectivity index (χ3n) is 3.96. The van der Waals surface area contributed by atoms with Crippen LogP contribution in [0.25, 0.3) is 0 Å². The van der Waals surface area contributed by atoms with Gasteiger partial charge in [0.1, 0.15) is 0 Å². The first kappa shape index (κ1) is 15.5. The number of nitrogens with zero attached hydrogens (tertiary/aromatic N) is 1. The molecule has 1 unspecified atom stereocenters. The molecule has 2 rings (SSSR count). The number of carbonyl (C=O) groups excluding carboxylic acids is 2. The van der Waals surface area contributed by atoms with Gasteiger partial charge in [0.2, 0.25) is 5.91 Å². The van der Waals surface area contributed by atoms with Crippen molar-refractivity contribution < 1.29 is 9.59 Å². The van der Waals surface area contributed by atoms with E-state index in [2.05, 4.69) is 19.2 Å². The predicted molar refractivity (Wildman–Crippen MR) is 83.3 cm³/mol. The number of benzene rings is 1. The van der Waals surface area contributed by atoms with Crippen molar-refractivity contribution in [1.82, 2.24) is 10.2 Å². The van der Waals surface area contributed by atoms with E-state index < -0.39 is 0 Å². The lowest BCUT2D eigenvalue weighted by molar-refractivity contribution is -0.129. The number of likely N-dealkylation sites (tertiary alicyclic amines) is 1. The average molecular weight is 288 g/mol. The van der Waals surface area contributed by atoms with Crippen LogP contribution in [0.2, 0.25) is 0 Å². The third-order valence-corrected chi connectivity index (χ3v) is 3.96. The van der Waals surface area contributed by atoms with Gasteiger partial charge in [-0.2, -0.15) is 0 Å². The molecule has 1 aromatic rings. The first-order valence-electron chi connectivity index (χ1n) is 7.58. The Labute approximate surface area is 126 Å². The Morgan fingerprint density at radius 3 is 2.29 bits per heavy atom. The maximum Gasteiger partial charge on any atom is 0.251 e. The van der Waals surface area contributed by atoms with Crippen molar-refractivity contribution in [3.63, 3.8) is 0 Å². The van der Waals surface area contributed by atoms with Crippen molar-refractivity contribution in [2.75, 3.05) is 6.54 Å². The normalized spacial score (nSPS) is 18.7. The van der Waals surface area contributed by atoms with E-state index in [1.165, 1.54) is 5.56 Å². The SMILES string of the molecule is CC(C)c1ccc(C(=O)NC2CC(=O)N(C(C)C)C2)cc1. The summed E-state index contributed by atoms with van der Waals surface area (Å²) in [5.74, 6) is 0.466. The number of nitrogens with one attached hydrogen (secondary N) is 1. The summed E-state index contributed by atoms with van der Waals surface area (Å²) >= 11 is 0. The standard InChI is InChI=1S/C17H24N2O2/c1-11(2)13-5-7-14(8-6-13)17(21)18-15-9-16(20)19(10-15)12(3)4/h5-8,11-12,15H,9-10H2,1-4H3,(H,18,21). The van der Waals surface area contributed by atoms with Gasteiger partial charge in [-0.25, -0.2) is 0 Å². The molecule has 1 N–H and O–H groups in total. The quantitative estimate of drug-likeness (QED) is 0.925. The summed E-state index contributed by atoms with van der Waals surface area (Å²) in [6.45, 7) is 8.84. The van der Waals surface area contributed by atoms with Gasteiger partial charge in [0.15, 0.2) is 0 Å². The summed E-state index contributed by atoms with van der Waals surface area (Å²) in [7, 11) is 0. The summed E-state index contributed by atoms with van der Waals surface area (Å²) in [6, 6.07) is 7.77. The molecule has 0 radical (unpaired) electrons. The average Bonchev–Trinajstić information content (AvgIpc) is 2.79. The zero-order valence-electron chi connectivity index (χ0n) is 13.2. The molecule has 4 heteroatoms. The van der Waals surface area contributed by atoms with E-state index in [0.29, 0.717) is 24.4 Å². The first-order chi connectivity index (χ1) is 9.88. The van der Waals surface area contributed by atoms with E-state index in [-0.39, 0.29) is 23.9 Å². The number of hydrogen-bond donors (Lipinski definition) is 1. The summed E-state index contributed by atoms with van der Waals surface area (Å²) in [5.41, 5.74) is 1.86. The molecule has 0 spiro atoms. The van der Waals surface area contributed by atoms with Crippen molar-refractivity contribution in [3.05, 3.63) is 35.4 Å². The van der Waals surface area contributed by atoms with Crippen LogP contribution in [0.5, 0.6) is 0 Å². The van der Waals surface area contributed by atoms with E-state index in [4.69, 9.17) is 0 Å². The van der Waals surface area contributed by atoms with Crippen molar-refractivity contribution in [2.24, 2.45) is 0 Å². The van der Waals surface area contributed by atoms with Gasteiger partial charge < -0.3 is 10.2 Å². The summed E-state index contributed by atoms with van der Waals surface area (Å²) in [6.07, 6.45) is 0.397. The Morgan fingerprint density at radius 2 is 1.81 bits per heavy atom. The molecular weight excluding hydrogens is 264 g/mol. The molecule has 21 heavy (non-hydrogen) atoms. The Hall–Kier alpha value is -1.84. The third kappa shape index (κ3) is 3.63. The van der Waals surface area contributed by atoms with Gasteiger partial charge in [-0.3, -0.25) is 9.59 Å². The predicted octanol–water partition coefficient (Wildman–Crippen LogP) is 2.55. The highest BCUT2D eigenvalue weighted by Gasteiger charge is 2.32. The molecule has 0 aromatic heterocycles. The van der Waals surface area contributed by atoms with E-state index in [0.717, 1.165) is 0 Å². The highest BCUT2D eigenvalue weighted by molar-refractivity contribution is 5.95. The van der Waals surface area contributed by atoms with Gasteiger partial charge in [0.05, 0.1) is 6.04 Å². The Bertz CT molecular complexity index is 520. The van der Waals surface area contributed by atoms with E-state index >= 15 is 0 Å². The molecule has 1 aliphatic heterocycles. The summed E-state index contributed by atoms with van der Waals surface area (Å²) in [5, 5.41) is 2.96. The molecule has 1 saturated heterocycles. The highest BCUT2D eigenvalue weighted by atomic mass is 16.2. The lowest BCUT2D eigenvalue weighted by Gasteiger charge is -2.21. The van der Waals surface area contributed by atoms with Crippen molar-refractivity contribution >= 4 is 11.8 Å². The molecule has 114 valence electrons. The lowest BCUT2D eigenvalue weighted by atomic mass is 10.0. The number of rotatable bonds is 4. The van der Waals surface area contributed by atoms with Crippen LogP contribution in [0.1, 0.15) is 56.0 Å². The summed E-state index contributed by atoms with van der Waals surface area (Å²) < 4.78 is 0. The maximum atomic E-state index is 12.2. The monoisotopic (exact) mass is 288 g/mol. The van der Waals surface area contributed by atoms with Gasteiger partial charge in [-0.05, 0) is 37.5 Å². The van der Waals surface area contributed by atoms with Crippen LogP contribution < -0.4 is 5.32 Å². The fourth-order valence-electron chi connectivity index (χ4n) is 2.62. The molecule has 4 nitrogen and oxygen atoms in total. The van der Waals surface area contributed by atoms with Gasteiger partial charge in [0, 0.05) is 24.6 Å².